The first kappa shape index (κ1) is 63.6. The van der Waals surface area contributed by atoms with Crippen LogP contribution in [0.25, 0.3) is 93.1 Å². The van der Waals surface area contributed by atoms with Crippen LogP contribution in [-0.4, -0.2) is 121 Å². The Morgan fingerprint density at radius 3 is 1.13 bits per heavy atom. The van der Waals surface area contributed by atoms with Crippen LogP contribution in [0.4, 0.5) is 34.1 Å². The van der Waals surface area contributed by atoms with E-state index in [9.17, 15) is 0 Å². The maximum absolute atomic E-state index is 7.66. The summed E-state index contributed by atoms with van der Waals surface area (Å²) in [6, 6.07) is 54.6. The van der Waals surface area contributed by atoms with Gasteiger partial charge in [0.1, 0.15) is 46.3 Å². The molecule has 20 nitrogen and oxygen atoms in total. The predicted molar refractivity (Wildman–Crippen MR) is 433 cm³/mol. The second-order valence-electron chi connectivity index (χ2n) is 28.4. The molecule has 16 heterocycles. The van der Waals surface area contributed by atoms with Crippen LogP contribution < -0.4 is 67.3 Å². The van der Waals surface area contributed by atoms with E-state index in [0.717, 1.165) is 86.9 Å². The highest BCUT2D eigenvalue weighted by Gasteiger charge is 2.41. The summed E-state index contributed by atoms with van der Waals surface area (Å²) in [5, 5.41) is 17.3. The first-order valence-electron chi connectivity index (χ1n) is 37.9. The van der Waals surface area contributed by atoms with Gasteiger partial charge in [0.2, 0.25) is 22.9 Å². The Bertz CT molecular complexity index is 6180. The third-order valence-electron chi connectivity index (χ3n) is 21.3. The second-order valence-corrected chi connectivity index (χ2v) is 28.4. The second kappa shape index (κ2) is 26.6. The van der Waals surface area contributed by atoms with Crippen molar-refractivity contribution < 1.29 is 21.8 Å². The third kappa shape index (κ3) is 11.6. The minimum Gasteiger partial charge on any atom is -0.439 e. The predicted octanol–water partition coefficient (Wildman–Crippen LogP) is 10.2. The molecule has 0 radical (unpaired) electrons. The minimum atomic E-state index is -2.16. The van der Waals surface area contributed by atoms with E-state index in [1.165, 1.54) is 39.0 Å². The number of hydrogen-bond acceptors (Lipinski definition) is 20. The van der Waals surface area contributed by atoms with E-state index in [0.29, 0.717) is 22.9 Å². The number of furan rings is 4. The summed E-state index contributed by atoms with van der Waals surface area (Å²) in [7, 11) is 2.15. The molecular formula is C82H84B4N16O4. The number of aryl methyl sites for hydroxylation is 4. The lowest BCUT2D eigenvalue weighted by Gasteiger charge is -2.40. The molecule has 106 heavy (non-hydrogen) atoms. The molecule has 8 aromatic heterocycles. The molecule has 0 amide bonds. The summed E-state index contributed by atoms with van der Waals surface area (Å²) in [5.74, 6) is 8.57. The number of aromatic nitrogens is 4. The Morgan fingerprint density at radius 2 is 0.708 bits per heavy atom. The molecule has 20 rings (SSSR count). The number of hydrazine groups is 4. The van der Waals surface area contributed by atoms with Crippen molar-refractivity contribution in [2.75, 3.05) is 38.7 Å². The van der Waals surface area contributed by atoms with Crippen LogP contribution in [0, 0.1) is 27.7 Å². The summed E-state index contributed by atoms with van der Waals surface area (Å²) < 4.78 is 47.0. The highest BCUT2D eigenvalue weighted by molar-refractivity contribution is 6.71. The third-order valence-corrected chi connectivity index (χ3v) is 21.3. The number of fused-ring (bicyclic) bond motifs is 14. The van der Waals surface area contributed by atoms with Crippen LogP contribution in [0.2, 0.25) is 27.3 Å². The molecular weight excluding hydrogens is 1320 g/mol. The number of nitrogens with zero attached hydrogens (tertiary/aromatic N) is 16. The van der Waals surface area contributed by atoms with Gasteiger partial charge in [-0.15, -0.1) is 0 Å². The van der Waals surface area contributed by atoms with E-state index in [2.05, 4.69) is 283 Å². The molecule has 8 aliphatic rings. The number of anilines is 6. The summed E-state index contributed by atoms with van der Waals surface area (Å²) in [6.07, 6.45) is 16.5. The lowest BCUT2D eigenvalue weighted by atomic mass is 9.63. The molecule has 0 aliphatic carbocycles. The van der Waals surface area contributed by atoms with E-state index in [4.69, 9.17) is 21.8 Å². The smallest absolute Gasteiger partial charge is 0.306 e. The van der Waals surface area contributed by atoms with E-state index < -0.39 is 6.98 Å². The zero-order valence-electron chi connectivity index (χ0n) is 64.8. The van der Waals surface area contributed by atoms with Crippen molar-refractivity contribution in [3.8, 4) is 0 Å². The molecule has 0 bridgehead atoms. The standard InChI is InChI=1S/C25H23BN4O.C21H21BN4O.C20H21BN4O.C16H19BN4O/c1-17-13-14-20-21-16-28(26(3)15-24(21)31-25(20)27-17)30-18(2)29(19-9-5-4-6-10-19)22-11-7-8-12-23(22)30;1-15-9-10-18-19-14-26(22(3)13-20(19)27-21(18)23-15)25-12-11-24(16(25)2)17-7-5-4-6-8-17;1-13-9-10-15-16-12-24(21(3)11-19(16)26-20(15)22-13)25-14(2)23(4)17-7-5-6-8-18(17)25;1-11-5-6-13-14-10-21(20-8-7-19(4)12(20)2)17(3)9-15(14)22-16(13)18-11/h4-16,18H,1-3H3;4-14,16H,1-3H3;5-12,14H,1-4H3;5-10,12H,1-4H3/t18-;16-;14-;12-/m0000/s1/i;;;4D3. The van der Waals surface area contributed by atoms with Crippen LogP contribution >= 0.6 is 0 Å². The summed E-state index contributed by atoms with van der Waals surface area (Å²) in [5.41, 5.74) is 17.3. The van der Waals surface area contributed by atoms with E-state index in [1.54, 1.807) is 12.4 Å². The van der Waals surface area contributed by atoms with Crippen molar-refractivity contribution in [2.45, 2.75) is 107 Å². The van der Waals surface area contributed by atoms with E-state index in [-0.39, 0.29) is 52.1 Å². The number of benzene rings is 4. The average Bonchev–Trinajstić information content (AvgIpc) is 1.59. The fourth-order valence-electron chi connectivity index (χ4n) is 15.7. The average molecular weight is 1400 g/mol. The lowest BCUT2D eigenvalue weighted by Crippen LogP contribution is -2.55. The van der Waals surface area contributed by atoms with Gasteiger partial charge < -0.3 is 56.9 Å². The quantitative estimate of drug-likeness (QED) is 0.146. The van der Waals surface area contributed by atoms with Gasteiger partial charge in [0, 0.05) is 144 Å². The van der Waals surface area contributed by atoms with Gasteiger partial charge in [0.05, 0.1) is 22.7 Å². The lowest BCUT2D eigenvalue weighted by molar-refractivity contribution is 0.0856. The van der Waals surface area contributed by atoms with Crippen LogP contribution in [0.5, 0.6) is 0 Å². The van der Waals surface area contributed by atoms with Crippen molar-refractivity contribution in [1.82, 2.24) is 54.5 Å². The zero-order valence-corrected chi connectivity index (χ0v) is 61.8. The molecule has 0 fully saturated rings. The zero-order chi connectivity index (χ0) is 75.6. The van der Waals surface area contributed by atoms with Crippen molar-refractivity contribution >= 4 is 155 Å². The maximum atomic E-state index is 7.66. The number of hydrogen-bond donors (Lipinski definition) is 0. The molecule has 0 spiro atoms. The Kier molecular flexibility index (Phi) is 15.9. The molecule has 12 aromatic rings. The molecule has 0 unspecified atom stereocenters. The van der Waals surface area contributed by atoms with Gasteiger partial charge in [-0.2, -0.15) is 0 Å². The summed E-state index contributed by atoms with van der Waals surface area (Å²) in [4.78, 5) is 35.4. The topological polar surface area (TPSA) is 143 Å². The normalized spacial score (nSPS) is 19.2. The van der Waals surface area contributed by atoms with E-state index >= 15 is 0 Å². The molecule has 4 aromatic carbocycles. The highest BCUT2D eigenvalue weighted by atomic mass is 16.3. The number of para-hydroxylation sites is 6. The van der Waals surface area contributed by atoms with Crippen molar-refractivity contribution in [2.24, 2.45) is 0 Å². The Hall–Kier alpha value is -12.1. The van der Waals surface area contributed by atoms with Gasteiger partial charge in [0.15, 0.2) is 0 Å². The monoisotopic (exact) mass is 1400 g/mol. The summed E-state index contributed by atoms with van der Waals surface area (Å²) in [6.45, 7) is 23.5. The Balaban J connectivity index is 0.000000107. The van der Waals surface area contributed by atoms with Crippen LogP contribution in [-0.2, 0) is 0 Å². The molecule has 24 heteroatoms. The van der Waals surface area contributed by atoms with Gasteiger partial charge in [0.25, 0.3) is 0 Å². The largest absolute Gasteiger partial charge is 0.439 e. The highest BCUT2D eigenvalue weighted by Crippen LogP contribution is 2.45. The SMILES string of the molecule is CB1C=c2oc3nc(C)ccc3c2=CN1N1C=CN(c2ccccc2)[C@@H]1C.CB1C=c2oc3nc(C)ccc3c2=CN1N1c2ccccc2N(C)[C@@H]1C.CB1C=c2oc3nc(C)ccc3c2=CN1N1c2ccccc2N(c2ccccc2)[C@@H]1C.[2H]C([2H])([2H])N1C=CN(N2C=c3c(oc4nc(C)ccc34)=CB2C)[C@H]1C. The molecule has 4 atom stereocenters. The first-order chi connectivity index (χ1) is 52.5. The van der Waals surface area contributed by atoms with Crippen LogP contribution in [0.3, 0.4) is 0 Å². The maximum Gasteiger partial charge on any atom is 0.306 e. The molecule has 8 aliphatic heterocycles. The van der Waals surface area contributed by atoms with Gasteiger partial charge in [-0.3, -0.25) is 20.0 Å². The van der Waals surface area contributed by atoms with Gasteiger partial charge in [-0.25, -0.2) is 19.9 Å². The molecule has 528 valence electrons. The molecule has 0 saturated heterocycles. The van der Waals surface area contributed by atoms with Gasteiger partial charge in [-0.05, 0) is 176 Å². The fourth-order valence-corrected chi connectivity index (χ4v) is 15.7. The van der Waals surface area contributed by atoms with E-state index in [1.807, 2.05) is 99.9 Å². The van der Waals surface area contributed by atoms with Crippen LogP contribution in [0.1, 0.15) is 54.6 Å². The summed E-state index contributed by atoms with van der Waals surface area (Å²) >= 11 is 0. The van der Waals surface area contributed by atoms with Gasteiger partial charge in [-0.1, -0.05) is 88.0 Å². The molecule has 0 saturated carbocycles. The number of rotatable bonds is 6. The van der Waals surface area contributed by atoms with Crippen molar-refractivity contribution in [3.05, 3.63) is 248 Å². The Morgan fingerprint density at radius 1 is 0.358 bits per heavy atom. The number of pyridine rings is 4. The Labute approximate surface area is 621 Å². The van der Waals surface area contributed by atoms with Crippen molar-refractivity contribution in [1.29, 1.82) is 0 Å². The fraction of sp³-hybridized carbons (Fsp3) is 0.220. The first-order valence-corrected chi connectivity index (χ1v) is 36.4. The van der Waals surface area contributed by atoms with Crippen molar-refractivity contribution in [3.63, 3.8) is 0 Å². The minimum absolute atomic E-state index is 0.0258. The van der Waals surface area contributed by atoms with Crippen LogP contribution in [0.15, 0.2) is 200 Å². The van der Waals surface area contributed by atoms with Gasteiger partial charge >= 0.3 is 27.4 Å². The molecule has 0 N–H and O–H groups in total.